The van der Waals surface area contributed by atoms with E-state index in [9.17, 15) is 10.4 Å². The quantitative estimate of drug-likeness (QED) is 0.899. The van der Waals surface area contributed by atoms with Crippen LogP contribution in [0.3, 0.4) is 0 Å². The molecule has 0 radical (unpaired) electrons. The average molecular weight is 273 g/mol. The van der Waals surface area contributed by atoms with Gasteiger partial charge in [-0.2, -0.15) is 5.26 Å². The van der Waals surface area contributed by atoms with Crippen LogP contribution < -0.4 is 4.90 Å². The number of aryl methyl sites for hydroxylation is 2. The molecule has 1 saturated heterocycles. The predicted molar refractivity (Wildman–Crippen MR) is 79.7 cm³/mol. The highest BCUT2D eigenvalue weighted by Gasteiger charge is 2.31. The minimum absolute atomic E-state index is 0.315. The fourth-order valence-electron chi connectivity index (χ4n) is 2.98. The van der Waals surface area contributed by atoms with Gasteiger partial charge in [0.1, 0.15) is 11.9 Å². The summed E-state index contributed by atoms with van der Waals surface area (Å²) in [5, 5.41) is 19.4. The number of rotatable bonds is 2. The number of anilines is 1. The third-order valence-electron chi connectivity index (χ3n) is 4.23. The van der Waals surface area contributed by atoms with Gasteiger partial charge in [-0.15, -0.1) is 0 Å². The first-order valence-electron chi connectivity index (χ1n) is 7.18. The van der Waals surface area contributed by atoms with Crippen LogP contribution in [0.25, 0.3) is 0 Å². The van der Waals surface area contributed by atoms with E-state index in [4.69, 9.17) is 0 Å². The zero-order valence-corrected chi connectivity index (χ0v) is 12.8. The van der Waals surface area contributed by atoms with Gasteiger partial charge in [0.2, 0.25) is 0 Å². The number of aliphatic hydroxyl groups is 1. The van der Waals surface area contributed by atoms with Crippen LogP contribution in [0.4, 0.5) is 5.82 Å². The van der Waals surface area contributed by atoms with E-state index in [1.54, 1.807) is 0 Å². The van der Waals surface area contributed by atoms with Crippen molar-refractivity contribution in [3.05, 3.63) is 22.9 Å². The van der Waals surface area contributed by atoms with E-state index in [1.165, 1.54) is 0 Å². The molecule has 20 heavy (non-hydrogen) atoms. The summed E-state index contributed by atoms with van der Waals surface area (Å²) in [6.07, 6.45) is 1.87. The minimum Gasteiger partial charge on any atom is -0.390 e. The predicted octanol–water partition coefficient (Wildman–Crippen LogP) is 2.56. The Morgan fingerprint density at radius 1 is 1.35 bits per heavy atom. The highest BCUT2D eigenvalue weighted by molar-refractivity contribution is 5.58. The summed E-state index contributed by atoms with van der Waals surface area (Å²) in [5.74, 6) is 1.12. The number of hydrogen-bond donors (Lipinski definition) is 1. The minimum atomic E-state index is -0.625. The van der Waals surface area contributed by atoms with Crippen LogP contribution in [-0.4, -0.2) is 28.8 Å². The fraction of sp³-hybridized carbons (Fsp3) is 0.625. The summed E-state index contributed by atoms with van der Waals surface area (Å²) in [6, 6.07) is 4.23. The first-order valence-corrected chi connectivity index (χ1v) is 7.18. The van der Waals surface area contributed by atoms with Crippen molar-refractivity contribution >= 4 is 5.82 Å². The molecule has 1 N–H and O–H groups in total. The second-order valence-corrected chi connectivity index (χ2v) is 6.31. The Balaban J connectivity index is 2.21. The van der Waals surface area contributed by atoms with Gasteiger partial charge in [-0.1, -0.05) is 0 Å². The van der Waals surface area contributed by atoms with Gasteiger partial charge in [0.05, 0.1) is 11.2 Å². The van der Waals surface area contributed by atoms with E-state index in [0.717, 1.165) is 43.0 Å². The van der Waals surface area contributed by atoms with Gasteiger partial charge in [0, 0.05) is 18.8 Å². The van der Waals surface area contributed by atoms with Crippen molar-refractivity contribution in [2.24, 2.45) is 5.92 Å². The van der Waals surface area contributed by atoms with E-state index in [1.807, 2.05) is 33.8 Å². The molecular formula is C16H23N3O. The molecule has 1 aliphatic rings. The molecule has 2 rings (SSSR count). The lowest BCUT2D eigenvalue weighted by Crippen LogP contribution is -2.42. The molecule has 4 heteroatoms. The smallest absolute Gasteiger partial charge is 0.147 e. The van der Waals surface area contributed by atoms with Crippen molar-refractivity contribution in [1.82, 2.24) is 4.98 Å². The lowest BCUT2D eigenvalue weighted by molar-refractivity contribution is 0.00645. The Kier molecular flexibility index (Phi) is 4.01. The van der Waals surface area contributed by atoms with Crippen molar-refractivity contribution in [2.75, 3.05) is 18.0 Å². The number of hydrogen-bond acceptors (Lipinski definition) is 4. The lowest BCUT2D eigenvalue weighted by Gasteiger charge is -2.38. The second-order valence-electron chi connectivity index (χ2n) is 6.31. The number of nitriles is 1. The highest BCUT2D eigenvalue weighted by Crippen LogP contribution is 2.31. The Hall–Kier alpha value is -1.60. The molecule has 1 aliphatic heterocycles. The first-order chi connectivity index (χ1) is 9.32. The van der Waals surface area contributed by atoms with Crippen LogP contribution in [0.5, 0.6) is 0 Å². The van der Waals surface area contributed by atoms with Crippen LogP contribution >= 0.6 is 0 Å². The van der Waals surface area contributed by atoms with Gasteiger partial charge in [-0.25, -0.2) is 4.98 Å². The van der Waals surface area contributed by atoms with Crippen molar-refractivity contribution in [2.45, 2.75) is 46.1 Å². The van der Waals surface area contributed by atoms with Crippen LogP contribution in [-0.2, 0) is 0 Å². The van der Waals surface area contributed by atoms with Crippen molar-refractivity contribution in [3.8, 4) is 6.07 Å². The Morgan fingerprint density at radius 2 is 1.95 bits per heavy atom. The molecule has 0 spiro atoms. The summed E-state index contributed by atoms with van der Waals surface area (Å²) in [6.45, 7) is 9.37. The summed E-state index contributed by atoms with van der Waals surface area (Å²) in [7, 11) is 0. The van der Waals surface area contributed by atoms with Crippen molar-refractivity contribution in [1.29, 1.82) is 5.26 Å². The fourth-order valence-corrected chi connectivity index (χ4v) is 2.98. The molecule has 1 aromatic rings. The second kappa shape index (κ2) is 5.41. The lowest BCUT2D eigenvalue weighted by atomic mass is 9.83. The van der Waals surface area contributed by atoms with Crippen LogP contribution in [0.2, 0.25) is 0 Å². The number of piperidine rings is 1. The van der Waals surface area contributed by atoms with Gasteiger partial charge in [-0.05, 0) is 58.1 Å². The Morgan fingerprint density at radius 3 is 2.45 bits per heavy atom. The molecule has 0 atom stereocenters. The van der Waals surface area contributed by atoms with Crippen molar-refractivity contribution in [3.63, 3.8) is 0 Å². The first kappa shape index (κ1) is 14.8. The summed E-state index contributed by atoms with van der Waals surface area (Å²) < 4.78 is 0. The molecule has 0 aromatic carbocycles. The largest absolute Gasteiger partial charge is 0.390 e. The van der Waals surface area contributed by atoms with Gasteiger partial charge < -0.3 is 10.0 Å². The standard InChI is InChI=1S/C16H23N3O/c1-11-9-12(2)18-15(14(11)10-17)19-7-5-13(6-8-19)16(3,4)20/h9,13,20H,5-8H2,1-4H3. The van der Waals surface area contributed by atoms with E-state index in [-0.39, 0.29) is 0 Å². The van der Waals surface area contributed by atoms with Gasteiger partial charge in [0.25, 0.3) is 0 Å². The molecule has 2 heterocycles. The maximum Gasteiger partial charge on any atom is 0.147 e. The molecule has 0 aliphatic carbocycles. The summed E-state index contributed by atoms with van der Waals surface area (Å²) in [5.41, 5.74) is 1.98. The third-order valence-corrected chi connectivity index (χ3v) is 4.23. The van der Waals surface area contributed by atoms with E-state index < -0.39 is 5.60 Å². The van der Waals surface area contributed by atoms with E-state index >= 15 is 0 Å². The van der Waals surface area contributed by atoms with Gasteiger partial charge in [-0.3, -0.25) is 0 Å². The molecule has 0 bridgehead atoms. The molecule has 1 aromatic heterocycles. The summed E-state index contributed by atoms with van der Waals surface area (Å²) >= 11 is 0. The van der Waals surface area contributed by atoms with Gasteiger partial charge in [0.15, 0.2) is 0 Å². The number of nitrogens with zero attached hydrogens (tertiary/aromatic N) is 3. The monoisotopic (exact) mass is 273 g/mol. The molecule has 0 amide bonds. The van der Waals surface area contributed by atoms with E-state index in [0.29, 0.717) is 11.5 Å². The molecular weight excluding hydrogens is 250 g/mol. The van der Waals surface area contributed by atoms with Crippen LogP contribution in [0.1, 0.15) is 43.5 Å². The topological polar surface area (TPSA) is 60.2 Å². The number of pyridine rings is 1. The molecule has 1 fully saturated rings. The van der Waals surface area contributed by atoms with Gasteiger partial charge >= 0.3 is 0 Å². The average Bonchev–Trinajstić information content (AvgIpc) is 2.37. The molecule has 4 nitrogen and oxygen atoms in total. The normalized spacial score (nSPS) is 17.1. The summed E-state index contributed by atoms with van der Waals surface area (Å²) in [4.78, 5) is 6.74. The third kappa shape index (κ3) is 2.94. The van der Waals surface area contributed by atoms with Crippen LogP contribution in [0, 0.1) is 31.1 Å². The zero-order chi connectivity index (χ0) is 14.9. The maximum absolute atomic E-state index is 10.1. The Labute approximate surface area is 121 Å². The molecule has 108 valence electrons. The van der Waals surface area contributed by atoms with E-state index in [2.05, 4.69) is 16.0 Å². The number of aromatic nitrogens is 1. The highest BCUT2D eigenvalue weighted by atomic mass is 16.3. The van der Waals surface area contributed by atoms with Crippen molar-refractivity contribution < 1.29 is 5.11 Å². The van der Waals surface area contributed by atoms with Crippen LogP contribution in [0.15, 0.2) is 6.07 Å². The maximum atomic E-state index is 10.1. The zero-order valence-electron chi connectivity index (χ0n) is 12.8. The SMILES string of the molecule is Cc1cc(C)c(C#N)c(N2CCC(C(C)(C)O)CC2)n1. The Bertz CT molecular complexity index is 532. The molecule has 0 unspecified atom stereocenters. The molecule has 0 saturated carbocycles.